The van der Waals surface area contributed by atoms with E-state index in [9.17, 15) is 5.11 Å². The lowest BCUT2D eigenvalue weighted by molar-refractivity contribution is 0.212. The van der Waals surface area contributed by atoms with Crippen molar-refractivity contribution < 1.29 is 9.84 Å². The third-order valence-corrected chi connectivity index (χ3v) is 3.69. The van der Waals surface area contributed by atoms with Gasteiger partial charge < -0.3 is 15.2 Å². The summed E-state index contributed by atoms with van der Waals surface area (Å²) < 4.78 is 5.62. The van der Waals surface area contributed by atoms with Crippen molar-refractivity contribution in [3.8, 4) is 5.75 Å². The highest BCUT2D eigenvalue weighted by molar-refractivity contribution is 5.63. The molecule has 1 unspecified atom stereocenters. The first-order chi connectivity index (χ1) is 9.81. The van der Waals surface area contributed by atoms with Gasteiger partial charge in [0.05, 0.1) is 6.61 Å². The third kappa shape index (κ3) is 2.25. The van der Waals surface area contributed by atoms with Crippen molar-refractivity contribution in [3.05, 3.63) is 59.2 Å². The number of rotatable bonds is 4. The molecule has 1 aliphatic rings. The van der Waals surface area contributed by atoms with Crippen LogP contribution in [0.25, 0.3) is 0 Å². The van der Waals surface area contributed by atoms with Crippen LogP contribution in [0.1, 0.15) is 29.7 Å². The zero-order valence-corrected chi connectivity index (χ0v) is 11.6. The van der Waals surface area contributed by atoms with Gasteiger partial charge in [-0.2, -0.15) is 0 Å². The minimum absolute atomic E-state index is 0.592. The van der Waals surface area contributed by atoms with Crippen LogP contribution in [0, 0.1) is 0 Å². The molecule has 20 heavy (non-hydrogen) atoms. The van der Waals surface area contributed by atoms with Gasteiger partial charge in [-0.3, -0.25) is 0 Å². The van der Waals surface area contributed by atoms with Crippen LogP contribution in [0.5, 0.6) is 5.75 Å². The maximum Gasteiger partial charge on any atom is 0.125 e. The van der Waals surface area contributed by atoms with Crippen LogP contribution in [0.2, 0.25) is 0 Å². The van der Waals surface area contributed by atoms with Crippen LogP contribution >= 0.6 is 0 Å². The van der Waals surface area contributed by atoms with Crippen molar-refractivity contribution >= 4 is 5.69 Å². The molecule has 0 amide bonds. The molecular formula is C17H19NO2. The molecule has 0 aromatic heterocycles. The first-order valence-corrected chi connectivity index (χ1v) is 7.06. The topological polar surface area (TPSA) is 41.5 Å². The summed E-state index contributed by atoms with van der Waals surface area (Å²) in [6, 6.07) is 13.8. The summed E-state index contributed by atoms with van der Waals surface area (Å²) in [4.78, 5) is 0. The Labute approximate surface area is 119 Å². The minimum Gasteiger partial charge on any atom is -0.493 e. The summed E-state index contributed by atoms with van der Waals surface area (Å²) in [6.45, 7) is 3.48. The standard InChI is InChI=1S/C17H19NO2/c1-2-20-15-9-4-3-7-13(15)17(19)14-8-5-6-12-10-11-18-16(12)14/h3-9,17-19H,2,10-11H2,1H3. The molecule has 0 bridgehead atoms. The van der Waals surface area contributed by atoms with E-state index in [1.807, 2.05) is 43.3 Å². The normalized spacial score (nSPS) is 14.5. The van der Waals surface area contributed by atoms with Gasteiger partial charge >= 0.3 is 0 Å². The maximum absolute atomic E-state index is 10.7. The summed E-state index contributed by atoms with van der Waals surface area (Å²) in [5.74, 6) is 0.748. The van der Waals surface area contributed by atoms with Crippen LogP contribution in [0.4, 0.5) is 5.69 Å². The summed E-state index contributed by atoms with van der Waals surface area (Å²) >= 11 is 0. The van der Waals surface area contributed by atoms with Crippen molar-refractivity contribution in [1.82, 2.24) is 0 Å². The smallest absolute Gasteiger partial charge is 0.125 e. The number of anilines is 1. The van der Waals surface area contributed by atoms with Gasteiger partial charge in [0, 0.05) is 23.4 Å². The van der Waals surface area contributed by atoms with E-state index in [1.165, 1.54) is 5.56 Å². The Morgan fingerprint density at radius 1 is 1.15 bits per heavy atom. The highest BCUT2D eigenvalue weighted by Crippen LogP contribution is 2.36. The zero-order chi connectivity index (χ0) is 13.9. The largest absolute Gasteiger partial charge is 0.493 e. The van der Waals surface area contributed by atoms with E-state index in [0.717, 1.165) is 35.5 Å². The molecule has 0 radical (unpaired) electrons. The predicted molar refractivity (Wildman–Crippen MR) is 80.3 cm³/mol. The van der Waals surface area contributed by atoms with E-state index in [0.29, 0.717) is 6.61 Å². The first kappa shape index (κ1) is 13.0. The Bertz CT molecular complexity index is 610. The minimum atomic E-state index is -0.668. The lowest BCUT2D eigenvalue weighted by atomic mass is 9.97. The summed E-state index contributed by atoms with van der Waals surface area (Å²) in [5.41, 5.74) is 4.09. The molecule has 0 fully saturated rings. The van der Waals surface area contributed by atoms with E-state index in [2.05, 4.69) is 11.4 Å². The fourth-order valence-electron chi connectivity index (χ4n) is 2.75. The molecule has 0 aliphatic carbocycles. The predicted octanol–water partition coefficient (Wildman–Crippen LogP) is 3.14. The Morgan fingerprint density at radius 2 is 1.95 bits per heavy atom. The lowest BCUT2D eigenvalue weighted by Crippen LogP contribution is -2.06. The highest BCUT2D eigenvalue weighted by atomic mass is 16.5. The zero-order valence-electron chi connectivity index (χ0n) is 11.6. The summed E-state index contributed by atoms with van der Waals surface area (Å²) in [5, 5.41) is 14.1. The number of benzene rings is 2. The number of para-hydroxylation sites is 2. The average molecular weight is 269 g/mol. The van der Waals surface area contributed by atoms with E-state index >= 15 is 0 Å². The molecule has 2 aromatic rings. The lowest BCUT2D eigenvalue weighted by Gasteiger charge is -2.18. The second-order valence-electron chi connectivity index (χ2n) is 4.93. The second-order valence-corrected chi connectivity index (χ2v) is 4.93. The SMILES string of the molecule is CCOc1ccccc1C(O)c1cccc2c1NCC2. The molecule has 0 saturated heterocycles. The Balaban J connectivity index is 2.01. The average Bonchev–Trinajstić information content (AvgIpc) is 2.96. The maximum atomic E-state index is 10.7. The van der Waals surface area contributed by atoms with Crippen molar-refractivity contribution in [3.63, 3.8) is 0 Å². The van der Waals surface area contributed by atoms with Crippen molar-refractivity contribution in [2.75, 3.05) is 18.5 Å². The molecule has 0 saturated carbocycles. The van der Waals surface area contributed by atoms with Gasteiger partial charge in [-0.05, 0) is 25.0 Å². The molecule has 104 valence electrons. The molecule has 1 atom stereocenters. The number of aliphatic hydroxyl groups excluding tert-OH is 1. The number of fused-ring (bicyclic) bond motifs is 1. The number of hydrogen-bond acceptors (Lipinski definition) is 3. The fraction of sp³-hybridized carbons (Fsp3) is 0.294. The van der Waals surface area contributed by atoms with E-state index in [4.69, 9.17) is 4.74 Å². The van der Waals surface area contributed by atoms with E-state index < -0.39 is 6.10 Å². The van der Waals surface area contributed by atoms with Crippen molar-refractivity contribution in [2.24, 2.45) is 0 Å². The van der Waals surface area contributed by atoms with Crippen molar-refractivity contribution in [1.29, 1.82) is 0 Å². The molecular weight excluding hydrogens is 250 g/mol. The number of ether oxygens (including phenoxy) is 1. The van der Waals surface area contributed by atoms with Crippen LogP contribution in [0.3, 0.4) is 0 Å². The molecule has 3 nitrogen and oxygen atoms in total. The van der Waals surface area contributed by atoms with Gasteiger partial charge in [-0.1, -0.05) is 36.4 Å². The number of hydrogen-bond donors (Lipinski definition) is 2. The molecule has 0 spiro atoms. The Kier molecular flexibility index (Phi) is 3.61. The Morgan fingerprint density at radius 3 is 2.80 bits per heavy atom. The van der Waals surface area contributed by atoms with Gasteiger partial charge in [-0.25, -0.2) is 0 Å². The quantitative estimate of drug-likeness (QED) is 0.896. The van der Waals surface area contributed by atoms with Gasteiger partial charge in [0.15, 0.2) is 0 Å². The molecule has 1 aliphatic heterocycles. The van der Waals surface area contributed by atoms with Crippen molar-refractivity contribution in [2.45, 2.75) is 19.4 Å². The van der Waals surface area contributed by atoms with Crippen LogP contribution < -0.4 is 10.1 Å². The van der Waals surface area contributed by atoms with Gasteiger partial charge in [0.1, 0.15) is 11.9 Å². The van der Waals surface area contributed by atoms with E-state index in [1.54, 1.807) is 0 Å². The molecule has 2 aromatic carbocycles. The second kappa shape index (κ2) is 5.55. The first-order valence-electron chi connectivity index (χ1n) is 7.06. The molecule has 3 heteroatoms. The molecule has 3 rings (SSSR count). The van der Waals surface area contributed by atoms with Crippen LogP contribution in [-0.4, -0.2) is 18.3 Å². The van der Waals surface area contributed by atoms with Crippen LogP contribution in [0.15, 0.2) is 42.5 Å². The van der Waals surface area contributed by atoms with Gasteiger partial charge in [0.25, 0.3) is 0 Å². The summed E-state index contributed by atoms with van der Waals surface area (Å²) in [6.07, 6.45) is 0.349. The molecule has 2 N–H and O–H groups in total. The fourth-order valence-corrected chi connectivity index (χ4v) is 2.75. The molecule has 1 heterocycles. The van der Waals surface area contributed by atoms with E-state index in [-0.39, 0.29) is 0 Å². The Hall–Kier alpha value is -2.00. The van der Waals surface area contributed by atoms with Gasteiger partial charge in [0.2, 0.25) is 0 Å². The third-order valence-electron chi connectivity index (χ3n) is 3.69. The van der Waals surface area contributed by atoms with Gasteiger partial charge in [-0.15, -0.1) is 0 Å². The highest BCUT2D eigenvalue weighted by Gasteiger charge is 2.22. The number of aliphatic hydroxyl groups is 1. The number of nitrogens with one attached hydrogen (secondary N) is 1. The summed E-state index contributed by atoms with van der Waals surface area (Å²) in [7, 11) is 0. The van der Waals surface area contributed by atoms with Crippen LogP contribution in [-0.2, 0) is 6.42 Å². The monoisotopic (exact) mass is 269 g/mol.